The normalized spacial score (nSPS) is 11.6. The smallest absolute Gasteiger partial charge is 0.281 e. The Morgan fingerprint density at radius 3 is 2.33 bits per heavy atom. The van der Waals surface area contributed by atoms with Gasteiger partial charge in [0, 0.05) is 0 Å². The molecule has 7 heteroatoms. The summed E-state index contributed by atoms with van der Waals surface area (Å²) in [6.45, 7) is 0. The Bertz CT molecular complexity index is 403. The van der Waals surface area contributed by atoms with E-state index in [0.717, 1.165) is 0 Å². The molecule has 0 amide bonds. The molecule has 4 nitrogen and oxygen atoms in total. The fourth-order valence-electron chi connectivity index (χ4n) is 0.544. The Kier molecular flexibility index (Phi) is 2.07. The second kappa shape index (κ2) is 2.76. The maximum Gasteiger partial charge on any atom is 0.312 e. The van der Waals surface area contributed by atoms with Gasteiger partial charge in [0.25, 0.3) is 0 Å². The molecule has 1 heterocycles. The van der Waals surface area contributed by atoms with Gasteiger partial charge in [0.15, 0.2) is 10.8 Å². The summed E-state index contributed by atoms with van der Waals surface area (Å²) in [5.74, 6) is -2.84. The van der Waals surface area contributed by atoms with Crippen LogP contribution in [0, 0.1) is 11.8 Å². The van der Waals surface area contributed by atoms with Gasteiger partial charge in [0.05, 0.1) is 0 Å². The SMILES string of the molecule is O=S(=O)(O)c1ccc(F)c(F)n1. The van der Waals surface area contributed by atoms with Crippen molar-refractivity contribution in [1.82, 2.24) is 4.98 Å². The van der Waals surface area contributed by atoms with Gasteiger partial charge < -0.3 is 0 Å². The highest BCUT2D eigenvalue weighted by molar-refractivity contribution is 7.85. The second-order valence-electron chi connectivity index (χ2n) is 1.90. The molecule has 12 heavy (non-hydrogen) atoms. The summed E-state index contributed by atoms with van der Waals surface area (Å²) in [6.07, 6.45) is 0. The number of rotatable bonds is 1. The van der Waals surface area contributed by atoms with Gasteiger partial charge >= 0.3 is 10.1 Å². The predicted octanol–water partition coefficient (Wildman–Crippen LogP) is 0.607. The third kappa shape index (κ3) is 1.74. The van der Waals surface area contributed by atoms with E-state index < -0.39 is 26.9 Å². The largest absolute Gasteiger partial charge is 0.312 e. The number of aromatic nitrogens is 1. The number of pyridine rings is 1. The first kappa shape index (κ1) is 9.01. The zero-order valence-corrected chi connectivity index (χ0v) is 6.35. The van der Waals surface area contributed by atoms with Crippen molar-refractivity contribution in [3.05, 3.63) is 23.9 Å². The molecule has 0 aliphatic rings. The summed E-state index contributed by atoms with van der Waals surface area (Å²) in [5, 5.41) is -0.915. The van der Waals surface area contributed by atoms with Crippen molar-refractivity contribution < 1.29 is 21.8 Å². The van der Waals surface area contributed by atoms with E-state index in [4.69, 9.17) is 4.55 Å². The summed E-state index contributed by atoms with van der Waals surface area (Å²) in [5.41, 5.74) is 0. The van der Waals surface area contributed by atoms with Crippen molar-refractivity contribution in [1.29, 1.82) is 0 Å². The fraction of sp³-hybridized carbons (Fsp3) is 0. The molecule has 0 aliphatic heterocycles. The van der Waals surface area contributed by atoms with Gasteiger partial charge in [-0.1, -0.05) is 0 Å². The third-order valence-electron chi connectivity index (χ3n) is 1.04. The summed E-state index contributed by atoms with van der Waals surface area (Å²) in [7, 11) is -4.56. The average molecular weight is 195 g/mol. The van der Waals surface area contributed by atoms with E-state index >= 15 is 0 Å². The van der Waals surface area contributed by atoms with Crippen LogP contribution in [0.25, 0.3) is 0 Å². The first-order chi connectivity index (χ1) is 5.41. The molecule has 0 atom stereocenters. The molecule has 0 saturated carbocycles. The maximum absolute atomic E-state index is 12.2. The van der Waals surface area contributed by atoms with Crippen LogP contribution < -0.4 is 0 Å². The first-order valence-corrected chi connectivity index (χ1v) is 4.15. The highest BCUT2D eigenvalue weighted by Gasteiger charge is 2.14. The van der Waals surface area contributed by atoms with Gasteiger partial charge in [0.2, 0.25) is 5.95 Å². The molecule has 1 N–H and O–H groups in total. The molecular formula is C5H3F2NO3S. The van der Waals surface area contributed by atoms with E-state index in [1.54, 1.807) is 0 Å². The van der Waals surface area contributed by atoms with Crippen molar-refractivity contribution in [2.24, 2.45) is 0 Å². The zero-order chi connectivity index (χ0) is 9.35. The van der Waals surface area contributed by atoms with Crippen molar-refractivity contribution in [2.45, 2.75) is 5.03 Å². The Morgan fingerprint density at radius 1 is 1.33 bits per heavy atom. The second-order valence-corrected chi connectivity index (χ2v) is 3.27. The van der Waals surface area contributed by atoms with Gasteiger partial charge in [0.1, 0.15) is 0 Å². The molecule has 0 aliphatic carbocycles. The molecule has 66 valence electrons. The molecule has 0 saturated heterocycles. The van der Waals surface area contributed by atoms with Crippen LogP contribution in [0.5, 0.6) is 0 Å². The molecule has 0 radical (unpaired) electrons. The molecule has 1 aromatic rings. The summed E-state index contributed by atoms with van der Waals surface area (Å²) in [4.78, 5) is 2.66. The minimum atomic E-state index is -4.56. The minimum Gasteiger partial charge on any atom is -0.281 e. The van der Waals surface area contributed by atoms with E-state index in [0.29, 0.717) is 12.1 Å². The van der Waals surface area contributed by atoms with Crippen molar-refractivity contribution in [2.75, 3.05) is 0 Å². The predicted molar refractivity (Wildman–Crippen MR) is 34.0 cm³/mol. The average Bonchev–Trinajstić information content (AvgIpc) is 1.92. The molecule has 0 unspecified atom stereocenters. The molecule has 1 rings (SSSR count). The maximum atomic E-state index is 12.2. The van der Waals surface area contributed by atoms with Crippen LogP contribution in [0.1, 0.15) is 0 Å². The molecule has 1 aromatic heterocycles. The number of hydrogen-bond donors (Lipinski definition) is 1. The Labute approximate surface area is 66.6 Å². The van der Waals surface area contributed by atoms with E-state index in [9.17, 15) is 17.2 Å². The van der Waals surface area contributed by atoms with Gasteiger partial charge in [-0.2, -0.15) is 12.8 Å². The molecule has 0 spiro atoms. The van der Waals surface area contributed by atoms with Gasteiger partial charge in [-0.15, -0.1) is 0 Å². The van der Waals surface area contributed by atoms with E-state index in [-0.39, 0.29) is 0 Å². The van der Waals surface area contributed by atoms with Gasteiger partial charge in [-0.05, 0) is 12.1 Å². The van der Waals surface area contributed by atoms with Crippen LogP contribution in [0.4, 0.5) is 8.78 Å². The van der Waals surface area contributed by atoms with Crippen LogP contribution in [0.3, 0.4) is 0 Å². The van der Waals surface area contributed by atoms with E-state index in [1.807, 2.05) is 0 Å². The van der Waals surface area contributed by atoms with Crippen molar-refractivity contribution >= 4 is 10.1 Å². The lowest BCUT2D eigenvalue weighted by Gasteiger charge is -1.95. The monoisotopic (exact) mass is 195 g/mol. The lowest BCUT2D eigenvalue weighted by Crippen LogP contribution is -2.03. The highest BCUT2D eigenvalue weighted by atomic mass is 32.2. The molecular weight excluding hydrogens is 192 g/mol. The van der Waals surface area contributed by atoms with Gasteiger partial charge in [-0.25, -0.2) is 9.37 Å². The highest BCUT2D eigenvalue weighted by Crippen LogP contribution is 2.08. The summed E-state index contributed by atoms with van der Waals surface area (Å²) in [6, 6.07) is 1.22. The first-order valence-electron chi connectivity index (χ1n) is 2.71. The van der Waals surface area contributed by atoms with Crippen molar-refractivity contribution in [3.63, 3.8) is 0 Å². The minimum absolute atomic E-state index is 0.561. The van der Waals surface area contributed by atoms with Crippen molar-refractivity contribution in [3.8, 4) is 0 Å². The Balaban J connectivity index is 3.33. The fourth-order valence-corrected chi connectivity index (χ4v) is 0.980. The molecule has 0 fully saturated rings. The number of nitrogens with zero attached hydrogens (tertiary/aromatic N) is 1. The molecule has 0 bridgehead atoms. The van der Waals surface area contributed by atoms with E-state index in [2.05, 4.69) is 4.98 Å². The lowest BCUT2D eigenvalue weighted by atomic mass is 10.5. The van der Waals surface area contributed by atoms with Crippen LogP contribution in [-0.2, 0) is 10.1 Å². The van der Waals surface area contributed by atoms with Gasteiger partial charge in [-0.3, -0.25) is 4.55 Å². The summed E-state index contributed by atoms with van der Waals surface area (Å²) < 4.78 is 53.3. The standard InChI is InChI=1S/C5H3F2NO3S/c6-3-1-2-4(8-5(3)7)12(9,10)11/h1-2H,(H,9,10,11). The quantitative estimate of drug-likeness (QED) is 0.526. The van der Waals surface area contributed by atoms with E-state index in [1.165, 1.54) is 0 Å². The van der Waals surface area contributed by atoms with Crippen LogP contribution in [0.2, 0.25) is 0 Å². The zero-order valence-electron chi connectivity index (χ0n) is 5.53. The topological polar surface area (TPSA) is 67.3 Å². The lowest BCUT2D eigenvalue weighted by molar-refractivity contribution is 0.452. The van der Waals surface area contributed by atoms with Crippen LogP contribution in [-0.4, -0.2) is 18.0 Å². The Hall–Kier alpha value is -1.08. The number of halogens is 2. The summed E-state index contributed by atoms with van der Waals surface area (Å²) >= 11 is 0. The van der Waals surface area contributed by atoms with Crippen LogP contribution >= 0.6 is 0 Å². The molecule has 0 aromatic carbocycles. The van der Waals surface area contributed by atoms with Crippen LogP contribution in [0.15, 0.2) is 17.2 Å². The number of hydrogen-bond acceptors (Lipinski definition) is 3. The third-order valence-corrected chi connectivity index (χ3v) is 1.80. The Morgan fingerprint density at radius 2 is 1.92 bits per heavy atom.